The van der Waals surface area contributed by atoms with E-state index in [1.165, 1.54) is 4.90 Å². The van der Waals surface area contributed by atoms with Crippen molar-refractivity contribution in [3.8, 4) is 11.5 Å². The number of unbranched alkanes of at least 4 members (excludes halogenated alkanes) is 2. The number of benzene rings is 3. The number of para-hydroxylation sites is 1. The fourth-order valence-electron chi connectivity index (χ4n) is 4.32. The lowest BCUT2D eigenvalue weighted by molar-refractivity contribution is -0.132. The third kappa shape index (κ3) is 5.28. The van der Waals surface area contributed by atoms with Gasteiger partial charge in [0.05, 0.1) is 24.8 Å². The first-order valence-electron chi connectivity index (χ1n) is 12.4. The molecule has 0 bridgehead atoms. The lowest BCUT2D eigenvalue weighted by Crippen LogP contribution is -2.29. The number of carbonyl (C=O) groups is 2. The van der Waals surface area contributed by atoms with Gasteiger partial charge in [-0.05, 0) is 67.4 Å². The number of carbonyl (C=O) groups excluding carboxylic acids is 2. The summed E-state index contributed by atoms with van der Waals surface area (Å²) in [5, 5.41) is 11.3. The summed E-state index contributed by atoms with van der Waals surface area (Å²) in [5.41, 5.74) is 1.76. The molecule has 0 radical (unpaired) electrons. The van der Waals surface area contributed by atoms with Crippen molar-refractivity contribution >= 4 is 23.1 Å². The fraction of sp³-hybridized carbons (Fsp3) is 0.267. The number of hydrogen-bond acceptors (Lipinski definition) is 5. The van der Waals surface area contributed by atoms with Gasteiger partial charge in [0, 0.05) is 11.3 Å². The Hall–Kier alpha value is -4.06. The third-order valence-corrected chi connectivity index (χ3v) is 6.13. The zero-order chi connectivity index (χ0) is 25.5. The van der Waals surface area contributed by atoms with Crippen LogP contribution in [0.25, 0.3) is 5.76 Å². The molecule has 1 atom stereocenters. The molecule has 0 aromatic heterocycles. The smallest absolute Gasteiger partial charge is 0.300 e. The zero-order valence-electron chi connectivity index (χ0n) is 20.6. The Balaban J connectivity index is 1.73. The molecule has 1 N–H and O–H groups in total. The van der Waals surface area contributed by atoms with Gasteiger partial charge in [0.15, 0.2) is 0 Å². The lowest BCUT2D eigenvalue weighted by Gasteiger charge is -2.25. The second-order valence-corrected chi connectivity index (χ2v) is 8.59. The van der Waals surface area contributed by atoms with E-state index in [0.717, 1.165) is 19.3 Å². The van der Waals surface area contributed by atoms with Crippen molar-refractivity contribution in [1.82, 2.24) is 0 Å². The third-order valence-electron chi connectivity index (χ3n) is 6.13. The van der Waals surface area contributed by atoms with Crippen molar-refractivity contribution in [2.45, 2.75) is 39.2 Å². The van der Waals surface area contributed by atoms with E-state index >= 15 is 0 Å². The lowest BCUT2D eigenvalue weighted by atomic mass is 9.95. The molecule has 0 saturated carbocycles. The SMILES string of the molecule is CCCCCOc1ccc(/C(O)=C2/C(=O)C(=O)N(c3ccccc3)C2c2ccc(OCC)cc2)cc1. The molecular weight excluding hydrogens is 454 g/mol. The maximum Gasteiger partial charge on any atom is 0.300 e. The van der Waals surface area contributed by atoms with Crippen LogP contribution in [0, 0.1) is 0 Å². The predicted octanol–water partition coefficient (Wildman–Crippen LogP) is 6.28. The number of nitrogens with zero attached hydrogens (tertiary/aromatic N) is 1. The van der Waals surface area contributed by atoms with E-state index in [1.54, 1.807) is 48.5 Å². The van der Waals surface area contributed by atoms with Gasteiger partial charge >= 0.3 is 0 Å². The molecule has 186 valence electrons. The minimum Gasteiger partial charge on any atom is -0.507 e. The first kappa shape index (κ1) is 25.0. The van der Waals surface area contributed by atoms with Crippen LogP contribution in [-0.2, 0) is 9.59 Å². The molecule has 36 heavy (non-hydrogen) atoms. The first-order chi connectivity index (χ1) is 17.5. The molecule has 1 amide bonds. The van der Waals surface area contributed by atoms with Crippen LogP contribution >= 0.6 is 0 Å². The number of ether oxygens (including phenoxy) is 2. The minimum absolute atomic E-state index is 0.0460. The van der Waals surface area contributed by atoms with Crippen LogP contribution in [0.3, 0.4) is 0 Å². The van der Waals surface area contributed by atoms with Gasteiger partial charge in [0.25, 0.3) is 11.7 Å². The van der Waals surface area contributed by atoms with Crippen LogP contribution in [0.4, 0.5) is 5.69 Å². The number of rotatable bonds is 10. The Labute approximate surface area is 211 Å². The van der Waals surface area contributed by atoms with E-state index in [9.17, 15) is 14.7 Å². The Bertz CT molecular complexity index is 1220. The molecule has 6 heteroatoms. The van der Waals surface area contributed by atoms with E-state index in [2.05, 4.69) is 6.92 Å². The van der Waals surface area contributed by atoms with Crippen molar-refractivity contribution in [1.29, 1.82) is 0 Å². The average Bonchev–Trinajstić information content (AvgIpc) is 3.18. The van der Waals surface area contributed by atoms with Gasteiger partial charge in [-0.1, -0.05) is 50.1 Å². The quantitative estimate of drug-likeness (QED) is 0.158. The Morgan fingerprint density at radius 3 is 2.11 bits per heavy atom. The standard InChI is InChI=1S/C30H31NO5/c1-3-5-9-20-36-25-18-14-22(15-19-25)28(32)26-27(21-12-16-24(17-13-21)35-4-2)31(30(34)29(26)33)23-10-7-6-8-11-23/h6-8,10-19,27,32H,3-5,9,20H2,1-2H3/b28-26-. The number of hydrogen-bond donors (Lipinski definition) is 1. The summed E-state index contributed by atoms with van der Waals surface area (Å²) in [4.78, 5) is 27.9. The highest BCUT2D eigenvalue weighted by molar-refractivity contribution is 6.51. The number of anilines is 1. The highest BCUT2D eigenvalue weighted by atomic mass is 16.5. The summed E-state index contributed by atoms with van der Waals surface area (Å²) in [7, 11) is 0. The van der Waals surface area contributed by atoms with E-state index < -0.39 is 17.7 Å². The molecule has 1 aliphatic rings. The molecule has 4 rings (SSSR count). The normalized spacial score (nSPS) is 16.8. The zero-order valence-corrected chi connectivity index (χ0v) is 20.6. The second kappa shape index (κ2) is 11.6. The maximum absolute atomic E-state index is 13.3. The highest BCUT2D eigenvalue weighted by Gasteiger charge is 2.46. The summed E-state index contributed by atoms with van der Waals surface area (Å²) in [6.45, 7) is 5.19. The number of Topliss-reactive ketones (excluding diaryl/α,β-unsaturated/α-hetero) is 1. The molecule has 6 nitrogen and oxygen atoms in total. The van der Waals surface area contributed by atoms with E-state index in [0.29, 0.717) is 41.5 Å². The van der Waals surface area contributed by atoms with Crippen molar-refractivity contribution in [2.24, 2.45) is 0 Å². The highest BCUT2D eigenvalue weighted by Crippen LogP contribution is 2.42. The molecule has 3 aromatic rings. The average molecular weight is 486 g/mol. The van der Waals surface area contributed by atoms with Crippen molar-refractivity contribution < 1.29 is 24.2 Å². The summed E-state index contributed by atoms with van der Waals surface area (Å²) >= 11 is 0. The molecular formula is C30H31NO5. The minimum atomic E-state index is -0.784. The molecule has 0 spiro atoms. The fourth-order valence-corrected chi connectivity index (χ4v) is 4.32. The molecule has 1 unspecified atom stereocenters. The van der Waals surface area contributed by atoms with E-state index in [-0.39, 0.29) is 11.3 Å². The van der Waals surface area contributed by atoms with Crippen LogP contribution in [0.1, 0.15) is 50.3 Å². The van der Waals surface area contributed by atoms with Crippen molar-refractivity contribution in [3.63, 3.8) is 0 Å². The van der Waals surface area contributed by atoms with E-state index in [4.69, 9.17) is 9.47 Å². The van der Waals surface area contributed by atoms with Gasteiger partial charge in [0.1, 0.15) is 17.3 Å². The van der Waals surface area contributed by atoms with Crippen molar-refractivity contribution in [3.05, 3.63) is 95.6 Å². The van der Waals surface area contributed by atoms with Crippen LogP contribution in [0.5, 0.6) is 11.5 Å². The van der Waals surface area contributed by atoms with Gasteiger partial charge in [-0.25, -0.2) is 0 Å². The number of ketones is 1. The molecule has 1 saturated heterocycles. The summed E-state index contributed by atoms with van der Waals surface area (Å²) in [6, 6.07) is 22.4. The number of aliphatic hydroxyl groups is 1. The summed E-state index contributed by atoms with van der Waals surface area (Å²) < 4.78 is 11.3. The van der Waals surface area contributed by atoms with Gasteiger partial charge in [0.2, 0.25) is 0 Å². The van der Waals surface area contributed by atoms with Gasteiger partial charge in [-0.3, -0.25) is 14.5 Å². The first-order valence-corrected chi connectivity index (χ1v) is 12.4. The van der Waals surface area contributed by atoms with Crippen LogP contribution < -0.4 is 14.4 Å². The van der Waals surface area contributed by atoms with Gasteiger partial charge < -0.3 is 14.6 Å². The number of amides is 1. The monoisotopic (exact) mass is 485 g/mol. The number of aliphatic hydroxyl groups excluding tert-OH is 1. The summed E-state index contributed by atoms with van der Waals surface area (Å²) in [6.07, 6.45) is 3.20. The maximum atomic E-state index is 13.3. The Kier molecular flexibility index (Phi) is 8.06. The molecule has 1 heterocycles. The largest absolute Gasteiger partial charge is 0.507 e. The molecule has 0 aliphatic carbocycles. The Morgan fingerprint density at radius 2 is 1.47 bits per heavy atom. The van der Waals surface area contributed by atoms with Gasteiger partial charge in [-0.2, -0.15) is 0 Å². The molecule has 1 fully saturated rings. The second-order valence-electron chi connectivity index (χ2n) is 8.59. The van der Waals surface area contributed by atoms with Crippen LogP contribution in [0.15, 0.2) is 84.4 Å². The molecule has 3 aromatic carbocycles. The van der Waals surface area contributed by atoms with Crippen LogP contribution in [0.2, 0.25) is 0 Å². The van der Waals surface area contributed by atoms with E-state index in [1.807, 2.05) is 37.3 Å². The summed E-state index contributed by atoms with van der Waals surface area (Å²) in [5.74, 6) is -0.251. The Morgan fingerprint density at radius 1 is 0.833 bits per heavy atom. The van der Waals surface area contributed by atoms with Crippen molar-refractivity contribution in [2.75, 3.05) is 18.1 Å². The topological polar surface area (TPSA) is 76.1 Å². The van der Waals surface area contributed by atoms with Crippen LogP contribution in [-0.4, -0.2) is 30.0 Å². The predicted molar refractivity (Wildman–Crippen MR) is 140 cm³/mol. The van der Waals surface area contributed by atoms with Gasteiger partial charge in [-0.15, -0.1) is 0 Å². The molecule has 1 aliphatic heterocycles.